The van der Waals surface area contributed by atoms with Crippen LogP contribution in [0.2, 0.25) is 0 Å². The maximum atomic E-state index is 12.7. The quantitative estimate of drug-likeness (QED) is 0.741. The Morgan fingerprint density at radius 1 is 1.10 bits per heavy atom. The van der Waals surface area contributed by atoms with Crippen molar-refractivity contribution in [2.24, 2.45) is 0 Å². The number of carbonyl (C=O) groups is 1. The lowest BCUT2D eigenvalue weighted by Crippen LogP contribution is -2.32. The molecular formula is C25H30N2O2. The molecule has 0 bridgehead atoms. The van der Waals surface area contributed by atoms with Gasteiger partial charge in [0.2, 0.25) is 5.91 Å². The highest BCUT2D eigenvalue weighted by molar-refractivity contribution is 5.81. The summed E-state index contributed by atoms with van der Waals surface area (Å²) in [5, 5.41) is 0. The average Bonchev–Trinajstić information content (AvgIpc) is 2.88. The number of nitrogens with zero attached hydrogens (tertiary/aromatic N) is 2. The van der Waals surface area contributed by atoms with Crippen molar-refractivity contribution in [3.8, 4) is 0 Å². The van der Waals surface area contributed by atoms with Gasteiger partial charge in [0.15, 0.2) is 0 Å². The van der Waals surface area contributed by atoms with Crippen molar-refractivity contribution in [1.29, 1.82) is 0 Å². The Morgan fingerprint density at radius 2 is 1.90 bits per heavy atom. The summed E-state index contributed by atoms with van der Waals surface area (Å²) in [6.07, 6.45) is 8.86. The molecule has 1 unspecified atom stereocenters. The number of likely N-dealkylation sites (N-methyl/N-ethyl adjacent to an activating group) is 1. The van der Waals surface area contributed by atoms with Gasteiger partial charge in [0.05, 0.1) is 13.2 Å². The van der Waals surface area contributed by atoms with Gasteiger partial charge in [-0.25, -0.2) is 0 Å². The van der Waals surface area contributed by atoms with Crippen molar-refractivity contribution < 1.29 is 9.53 Å². The van der Waals surface area contributed by atoms with Crippen LogP contribution in [0.15, 0.2) is 48.5 Å². The molecular weight excluding hydrogens is 360 g/mol. The van der Waals surface area contributed by atoms with Crippen LogP contribution in [0.4, 0.5) is 0 Å². The van der Waals surface area contributed by atoms with Gasteiger partial charge in [-0.3, -0.25) is 9.69 Å². The predicted octanol–water partition coefficient (Wildman–Crippen LogP) is 4.20. The van der Waals surface area contributed by atoms with Gasteiger partial charge in [-0.1, -0.05) is 48.6 Å². The number of hydrogen-bond donors (Lipinski definition) is 0. The third-order valence-corrected chi connectivity index (χ3v) is 5.98. The van der Waals surface area contributed by atoms with Crippen molar-refractivity contribution in [1.82, 2.24) is 9.80 Å². The lowest BCUT2D eigenvalue weighted by molar-refractivity contribution is -0.128. The van der Waals surface area contributed by atoms with Gasteiger partial charge >= 0.3 is 0 Å². The second kappa shape index (κ2) is 8.93. The molecule has 0 spiro atoms. The van der Waals surface area contributed by atoms with Crippen molar-refractivity contribution in [2.45, 2.75) is 38.5 Å². The fourth-order valence-electron chi connectivity index (χ4n) is 4.44. The van der Waals surface area contributed by atoms with E-state index in [1.165, 1.54) is 34.2 Å². The molecule has 2 aliphatic rings. The van der Waals surface area contributed by atoms with Crippen LogP contribution in [0, 0.1) is 0 Å². The lowest BCUT2D eigenvalue weighted by Gasteiger charge is -2.29. The van der Waals surface area contributed by atoms with Crippen molar-refractivity contribution in [2.75, 3.05) is 27.2 Å². The van der Waals surface area contributed by atoms with Gasteiger partial charge in [-0.2, -0.15) is 0 Å². The monoisotopic (exact) mass is 390 g/mol. The van der Waals surface area contributed by atoms with Crippen molar-refractivity contribution >= 4 is 12.0 Å². The van der Waals surface area contributed by atoms with Crippen LogP contribution in [0.5, 0.6) is 0 Å². The van der Waals surface area contributed by atoms with Crippen molar-refractivity contribution in [3.63, 3.8) is 0 Å². The van der Waals surface area contributed by atoms with E-state index in [4.69, 9.17) is 4.74 Å². The fraction of sp³-hybridized carbons (Fsp3) is 0.400. The van der Waals surface area contributed by atoms with Crippen LogP contribution >= 0.6 is 0 Å². The molecule has 1 atom stereocenters. The van der Waals surface area contributed by atoms with Gasteiger partial charge in [-0.05, 0) is 66.6 Å². The van der Waals surface area contributed by atoms with E-state index >= 15 is 0 Å². The zero-order valence-corrected chi connectivity index (χ0v) is 17.4. The Kier molecular flexibility index (Phi) is 6.12. The van der Waals surface area contributed by atoms with E-state index in [1.54, 1.807) is 7.11 Å². The van der Waals surface area contributed by atoms with Gasteiger partial charge in [0, 0.05) is 13.7 Å². The molecule has 0 saturated carbocycles. The number of benzene rings is 2. The van der Waals surface area contributed by atoms with Crippen LogP contribution < -0.4 is 0 Å². The first-order valence-electron chi connectivity index (χ1n) is 10.5. The van der Waals surface area contributed by atoms with Crippen LogP contribution in [-0.2, 0) is 29.0 Å². The molecule has 0 N–H and O–H groups in total. The third-order valence-electron chi connectivity index (χ3n) is 5.98. The fourth-order valence-corrected chi connectivity index (χ4v) is 4.44. The molecule has 4 rings (SSSR count). The van der Waals surface area contributed by atoms with Gasteiger partial charge in [0.25, 0.3) is 0 Å². The normalized spacial score (nSPS) is 19.4. The zero-order chi connectivity index (χ0) is 20.2. The number of rotatable bonds is 6. The summed E-state index contributed by atoms with van der Waals surface area (Å²) in [6, 6.07) is 15.2. The first-order chi connectivity index (χ1) is 14.2. The smallest absolute Gasteiger partial charge is 0.238 e. The van der Waals surface area contributed by atoms with E-state index in [9.17, 15) is 4.79 Å². The van der Waals surface area contributed by atoms with Crippen LogP contribution in [0.1, 0.15) is 46.8 Å². The standard InChI is InChI=1S/C25H30N2O2/c1-26-17-24(28)27(15-14-19-8-10-20(11-9-19)18-29-2)25(26)23-13-12-21-6-4-3-5-7-22(21)16-23/h5,7-13,16,25H,3-4,6,14-15,17-18H2,1-2H3. The molecule has 1 amide bonds. The first-order valence-corrected chi connectivity index (χ1v) is 10.5. The summed E-state index contributed by atoms with van der Waals surface area (Å²) >= 11 is 0. The Morgan fingerprint density at radius 3 is 2.69 bits per heavy atom. The average molecular weight is 391 g/mol. The minimum atomic E-state index is 0.0113. The number of fused-ring (bicyclic) bond motifs is 1. The Bertz CT molecular complexity index is 888. The van der Waals surface area contributed by atoms with Gasteiger partial charge < -0.3 is 9.64 Å². The Hall–Kier alpha value is -2.43. The second-order valence-electron chi connectivity index (χ2n) is 8.13. The summed E-state index contributed by atoms with van der Waals surface area (Å²) in [6.45, 7) is 1.83. The summed E-state index contributed by atoms with van der Waals surface area (Å²) in [7, 11) is 3.76. The SMILES string of the molecule is COCc1ccc(CCN2C(=O)CN(C)C2c2ccc3c(c2)C=CCCC3)cc1. The number of aryl methyl sites for hydroxylation is 1. The zero-order valence-electron chi connectivity index (χ0n) is 17.4. The third kappa shape index (κ3) is 4.44. The van der Waals surface area contributed by atoms with E-state index < -0.39 is 0 Å². The molecule has 1 saturated heterocycles. The number of amides is 1. The molecule has 1 aliphatic carbocycles. The number of methoxy groups -OCH3 is 1. The number of ether oxygens (including phenoxy) is 1. The van der Waals surface area contributed by atoms with Crippen molar-refractivity contribution in [3.05, 3.63) is 76.4 Å². The van der Waals surface area contributed by atoms with Gasteiger partial charge in [0.1, 0.15) is 6.17 Å². The Balaban J connectivity index is 1.51. The van der Waals surface area contributed by atoms with E-state index in [0.29, 0.717) is 13.2 Å². The molecule has 2 aromatic carbocycles. The molecule has 1 heterocycles. The molecule has 29 heavy (non-hydrogen) atoms. The van der Waals surface area contributed by atoms with E-state index in [2.05, 4.69) is 59.5 Å². The summed E-state index contributed by atoms with van der Waals surface area (Å²) in [5.41, 5.74) is 6.35. The highest BCUT2D eigenvalue weighted by Crippen LogP contribution is 2.32. The number of carbonyl (C=O) groups excluding carboxylic acids is 1. The maximum absolute atomic E-state index is 12.7. The molecule has 1 fully saturated rings. The minimum Gasteiger partial charge on any atom is -0.380 e. The Labute approximate surface area is 173 Å². The second-order valence-corrected chi connectivity index (χ2v) is 8.13. The van der Waals surface area contributed by atoms with E-state index in [-0.39, 0.29) is 12.1 Å². The topological polar surface area (TPSA) is 32.8 Å². The number of allylic oxidation sites excluding steroid dienone is 1. The van der Waals surface area contributed by atoms with Crippen LogP contribution in [0.3, 0.4) is 0 Å². The highest BCUT2D eigenvalue weighted by atomic mass is 16.5. The first kappa shape index (κ1) is 19.9. The van der Waals surface area contributed by atoms with Crippen LogP contribution in [-0.4, -0.2) is 43.0 Å². The lowest BCUT2D eigenvalue weighted by atomic mass is 9.99. The molecule has 0 aromatic heterocycles. The molecule has 2 aromatic rings. The molecule has 1 aliphatic heterocycles. The highest BCUT2D eigenvalue weighted by Gasteiger charge is 2.36. The molecule has 4 heteroatoms. The molecule has 0 radical (unpaired) electrons. The summed E-state index contributed by atoms with van der Waals surface area (Å²) in [4.78, 5) is 16.9. The number of hydrogen-bond acceptors (Lipinski definition) is 3. The summed E-state index contributed by atoms with van der Waals surface area (Å²) in [5.74, 6) is 0.207. The van der Waals surface area contributed by atoms with E-state index in [1.807, 2.05) is 11.9 Å². The van der Waals surface area contributed by atoms with E-state index in [0.717, 1.165) is 25.8 Å². The largest absolute Gasteiger partial charge is 0.380 e. The van der Waals surface area contributed by atoms with Crippen LogP contribution in [0.25, 0.3) is 6.08 Å². The predicted molar refractivity (Wildman–Crippen MR) is 116 cm³/mol. The molecule has 4 nitrogen and oxygen atoms in total. The van der Waals surface area contributed by atoms with Gasteiger partial charge in [-0.15, -0.1) is 0 Å². The minimum absolute atomic E-state index is 0.0113. The maximum Gasteiger partial charge on any atom is 0.238 e. The molecule has 152 valence electrons. The summed E-state index contributed by atoms with van der Waals surface area (Å²) < 4.78 is 5.18.